The first-order chi connectivity index (χ1) is 11.3. The third kappa shape index (κ3) is 4.73. The van der Waals surface area contributed by atoms with E-state index in [1.54, 1.807) is 0 Å². The second-order valence-electron chi connectivity index (χ2n) is 7.09. The van der Waals surface area contributed by atoms with Crippen molar-refractivity contribution in [3.8, 4) is 0 Å². The number of hydrogen-bond donors (Lipinski definition) is 1. The minimum atomic E-state index is -1.03. The second kappa shape index (κ2) is 10.7. The quantitative estimate of drug-likeness (QED) is 0.443. The Kier molecular flexibility index (Phi) is 10.3. The Labute approximate surface area is 148 Å². The van der Waals surface area contributed by atoms with Crippen LogP contribution in [-0.2, 0) is 14.3 Å². The van der Waals surface area contributed by atoms with E-state index in [-0.39, 0.29) is 12.1 Å². The highest BCUT2D eigenvalue weighted by Gasteiger charge is 2.59. The number of carboxylic acids is 1. The smallest absolute Gasteiger partial charge is 0.313 e. The second-order valence-corrected chi connectivity index (χ2v) is 7.09. The summed E-state index contributed by atoms with van der Waals surface area (Å²) in [5, 5.41) is 10.2. The van der Waals surface area contributed by atoms with Gasteiger partial charge < -0.3 is 9.84 Å². The third-order valence-electron chi connectivity index (χ3n) is 5.31. The van der Waals surface area contributed by atoms with Crippen LogP contribution in [-0.4, -0.2) is 23.1 Å². The fraction of sp³-hybridized carbons (Fsp3) is 0.900. The Morgan fingerprint density at radius 3 is 1.50 bits per heavy atom. The van der Waals surface area contributed by atoms with Crippen molar-refractivity contribution >= 4 is 11.9 Å². The zero-order chi connectivity index (χ0) is 18.8. The van der Waals surface area contributed by atoms with Gasteiger partial charge in [0.25, 0.3) is 0 Å². The number of aliphatic carboxylic acids is 1. The van der Waals surface area contributed by atoms with Crippen LogP contribution in [0.1, 0.15) is 99.3 Å². The molecule has 0 aromatic heterocycles. The van der Waals surface area contributed by atoms with E-state index < -0.39 is 16.8 Å². The number of carbonyl (C=O) groups excluding carboxylic acids is 1. The minimum absolute atomic E-state index is 0.180. The van der Waals surface area contributed by atoms with Gasteiger partial charge in [0.15, 0.2) is 0 Å². The van der Waals surface area contributed by atoms with Crippen LogP contribution in [0.2, 0.25) is 0 Å². The average Bonchev–Trinajstić information content (AvgIpc) is 2.53. The maximum atomic E-state index is 13.2. The van der Waals surface area contributed by atoms with Crippen LogP contribution >= 0.6 is 0 Å². The summed E-state index contributed by atoms with van der Waals surface area (Å²) in [4.78, 5) is 25.7. The van der Waals surface area contributed by atoms with E-state index in [0.717, 1.165) is 32.1 Å². The molecule has 0 aromatic rings. The van der Waals surface area contributed by atoms with Crippen molar-refractivity contribution in [1.29, 1.82) is 0 Å². The Morgan fingerprint density at radius 2 is 1.21 bits per heavy atom. The van der Waals surface area contributed by atoms with Gasteiger partial charge in [-0.15, -0.1) is 0 Å². The SMILES string of the molecule is CCCC(CCC)(C(=O)O)C(CCC)(CCC)C(=O)OC(C)CC. The monoisotopic (exact) mass is 342 g/mol. The lowest BCUT2D eigenvalue weighted by molar-refractivity contribution is -0.186. The molecule has 1 atom stereocenters. The van der Waals surface area contributed by atoms with Crippen LogP contribution < -0.4 is 0 Å². The fourth-order valence-electron chi connectivity index (χ4n) is 4.11. The van der Waals surface area contributed by atoms with Gasteiger partial charge in [0, 0.05) is 0 Å². The van der Waals surface area contributed by atoms with Gasteiger partial charge in [0.05, 0.1) is 16.9 Å². The van der Waals surface area contributed by atoms with Crippen molar-refractivity contribution in [2.24, 2.45) is 10.8 Å². The maximum Gasteiger partial charge on any atom is 0.313 e. The number of hydrogen-bond acceptors (Lipinski definition) is 3. The summed E-state index contributed by atoms with van der Waals surface area (Å²) in [6.07, 6.45) is 5.79. The predicted molar refractivity (Wildman–Crippen MR) is 98.0 cm³/mol. The van der Waals surface area contributed by atoms with Crippen LogP contribution in [0.15, 0.2) is 0 Å². The van der Waals surface area contributed by atoms with E-state index in [1.165, 1.54) is 0 Å². The van der Waals surface area contributed by atoms with Crippen molar-refractivity contribution in [2.45, 2.75) is 105 Å². The number of carboxylic acid groups (broad SMARTS) is 1. The normalized spacial score (nSPS) is 13.6. The molecule has 1 unspecified atom stereocenters. The molecule has 0 saturated heterocycles. The molecule has 24 heavy (non-hydrogen) atoms. The van der Waals surface area contributed by atoms with Crippen LogP contribution in [0.3, 0.4) is 0 Å². The van der Waals surface area contributed by atoms with E-state index in [9.17, 15) is 14.7 Å². The van der Waals surface area contributed by atoms with Gasteiger partial charge >= 0.3 is 11.9 Å². The van der Waals surface area contributed by atoms with Gasteiger partial charge in [-0.25, -0.2) is 0 Å². The number of rotatable bonds is 13. The molecule has 0 amide bonds. The van der Waals surface area contributed by atoms with Crippen molar-refractivity contribution in [3.63, 3.8) is 0 Å². The molecular weight excluding hydrogens is 304 g/mol. The molecule has 0 aliphatic carbocycles. The molecule has 4 nitrogen and oxygen atoms in total. The van der Waals surface area contributed by atoms with Crippen molar-refractivity contribution in [2.75, 3.05) is 0 Å². The zero-order valence-electron chi connectivity index (χ0n) is 16.6. The van der Waals surface area contributed by atoms with Gasteiger partial charge in [-0.2, -0.15) is 0 Å². The molecule has 1 N–H and O–H groups in total. The molecule has 0 rings (SSSR count). The van der Waals surface area contributed by atoms with Crippen LogP contribution in [0.4, 0.5) is 0 Å². The minimum Gasteiger partial charge on any atom is -0.481 e. The van der Waals surface area contributed by atoms with Gasteiger partial charge in [-0.05, 0) is 39.0 Å². The largest absolute Gasteiger partial charge is 0.481 e. The summed E-state index contributed by atoms with van der Waals surface area (Å²) in [7, 11) is 0. The Morgan fingerprint density at radius 1 is 0.833 bits per heavy atom. The molecule has 0 saturated carbocycles. The van der Waals surface area contributed by atoms with E-state index in [4.69, 9.17) is 4.74 Å². The first kappa shape index (κ1) is 22.9. The lowest BCUT2D eigenvalue weighted by Crippen LogP contribution is -2.53. The molecule has 0 spiro atoms. The standard InChI is InChI=1S/C20H38O4/c1-7-12-19(13-8-2,17(21)22)20(14-9-3,15-10-4)18(23)24-16(6)11-5/h16H,7-15H2,1-6H3,(H,21,22). The number of esters is 1. The predicted octanol–water partition coefficient (Wildman–Crippen LogP) is 5.59. The van der Waals surface area contributed by atoms with E-state index >= 15 is 0 Å². The third-order valence-corrected chi connectivity index (χ3v) is 5.31. The average molecular weight is 343 g/mol. The molecule has 4 heteroatoms. The van der Waals surface area contributed by atoms with Gasteiger partial charge in [0.2, 0.25) is 0 Å². The molecule has 0 aliphatic rings. The lowest BCUT2D eigenvalue weighted by Gasteiger charge is -2.47. The van der Waals surface area contributed by atoms with Crippen LogP contribution in [0, 0.1) is 10.8 Å². The Hall–Kier alpha value is -1.06. The summed E-state index contributed by atoms with van der Waals surface area (Å²) < 4.78 is 5.72. The van der Waals surface area contributed by atoms with E-state index in [2.05, 4.69) is 0 Å². The number of carbonyl (C=O) groups is 2. The van der Waals surface area contributed by atoms with Gasteiger partial charge in [-0.1, -0.05) is 60.3 Å². The molecule has 0 bridgehead atoms. The summed E-state index contributed by atoms with van der Waals surface area (Å²) in [5.41, 5.74) is -1.97. The summed E-state index contributed by atoms with van der Waals surface area (Å²) in [6.45, 7) is 11.9. The molecular formula is C20H38O4. The summed E-state index contributed by atoms with van der Waals surface area (Å²) in [5.74, 6) is -1.14. The topological polar surface area (TPSA) is 63.6 Å². The van der Waals surface area contributed by atoms with E-state index in [1.807, 2.05) is 41.5 Å². The van der Waals surface area contributed by atoms with Crippen molar-refractivity contribution < 1.29 is 19.4 Å². The Bertz CT molecular complexity index is 377. The zero-order valence-corrected chi connectivity index (χ0v) is 16.6. The molecule has 0 fully saturated rings. The van der Waals surface area contributed by atoms with Gasteiger partial charge in [-0.3, -0.25) is 9.59 Å². The summed E-state index contributed by atoms with van der Waals surface area (Å²) in [6, 6.07) is 0. The lowest BCUT2D eigenvalue weighted by atomic mass is 9.55. The maximum absolute atomic E-state index is 13.2. The van der Waals surface area contributed by atoms with Crippen LogP contribution in [0.5, 0.6) is 0 Å². The van der Waals surface area contributed by atoms with Crippen LogP contribution in [0.25, 0.3) is 0 Å². The molecule has 0 aliphatic heterocycles. The molecule has 0 aromatic carbocycles. The fourth-order valence-corrected chi connectivity index (χ4v) is 4.11. The molecule has 142 valence electrons. The number of ether oxygens (including phenoxy) is 1. The highest BCUT2D eigenvalue weighted by Crippen LogP contribution is 2.54. The van der Waals surface area contributed by atoms with Crippen molar-refractivity contribution in [3.05, 3.63) is 0 Å². The summed E-state index contributed by atoms with van der Waals surface area (Å²) >= 11 is 0. The first-order valence-corrected chi connectivity index (χ1v) is 9.76. The first-order valence-electron chi connectivity index (χ1n) is 9.76. The highest BCUT2D eigenvalue weighted by atomic mass is 16.5. The van der Waals surface area contributed by atoms with Gasteiger partial charge in [0.1, 0.15) is 0 Å². The molecule has 0 heterocycles. The van der Waals surface area contributed by atoms with E-state index in [0.29, 0.717) is 25.7 Å². The Balaban J connectivity index is 6.25. The molecule has 0 radical (unpaired) electrons. The highest BCUT2D eigenvalue weighted by molar-refractivity contribution is 5.87. The van der Waals surface area contributed by atoms with Crippen molar-refractivity contribution in [1.82, 2.24) is 0 Å².